The topological polar surface area (TPSA) is 87.9 Å². The van der Waals surface area contributed by atoms with Crippen molar-refractivity contribution in [2.45, 2.75) is 19.4 Å². The van der Waals surface area contributed by atoms with Gasteiger partial charge in [0.15, 0.2) is 0 Å². The monoisotopic (exact) mass is 458 g/mol. The maximum atomic E-state index is 13.5. The summed E-state index contributed by atoms with van der Waals surface area (Å²) in [5.74, 6) is 0.235. The highest BCUT2D eigenvalue weighted by Gasteiger charge is 2.26. The van der Waals surface area contributed by atoms with E-state index in [1.54, 1.807) is 23.5 Å². The van der Waals surface area contributed by atoms with Gasteiger partial charge in [0.2, 0.25) is 0 Å². The Labute approximate surface area is 186 Å². The predicted octanol–water partition coefficient (Wildman–Crippen LogP) is 3.77. The molecule has 0 amide bonds. The minimum Gasteiger partial charge on any atom is -0.395 e. The molecule has 3 aromatic heterocycles. The van der Waals surface area contributed by atoms with Gasteiger partial charge in [0.25, 0.3) is 0 Å². The zero-order valence-corrected chi connectivity index (χ0v) is 18.1. The number of hydrogen-bond acceptors (Lipinski definition) is 7. The quantitative estimate of drug-likeness (QED) is 0.365. The van der Waals surface area contributed by atoms with Crippen LogP contribution in [0.1, 0.15) is 11.3 Å². The van der Waals surface area contributed by atoms with Crippen molar-refractivity contribution in [3.63, 3.8) is 0 Å². The second-order valence-electron chi connectivity index (χ2n) is 7.29. The Morgan fingerprint density at radius 2 is 2.13 bits per heavy atom. The van der Waals surface area contributed by atoms with Gasteiger partial charge in [0, 0.05) is 35.4 Å². The highest BCUT2D eigenvalue weighted by molar-refractivity contribution is 7.22. The number of fused-ring (bicyclic) bond motifs is 5. The van der Waals surface area contributed by atoms with Crippen LogP contribution in [0.4, 0.5) is 15.9 Å². The van der Waals surface area contributed by atoms with Crippen LogP contribution in [0, 0.1) is 5.82 Å². The standard InChI is InChI=1S/C21H20ClFN6OS/c22-15-9-12(1-3-16(15)23)27-20-18-13-2-4-17-14(19(13)31-21(18)26-11-25-20)10-29(28-17)7-5-24-6-8-30/h1,3,9-11,24,30H,2,4-8H2,(H,25,26,27). The van der Waals surface area contributed by atoms with Gasteiger partial charge in [-0.15, -0.1) is 11.3 Å². The third kappa shape index (κ3) is 3.89. The Balaban J connectivity index is 1.49. The van der Waals surface area contributed by atoms with Gasteiger partial charge in [-0.3, -0.25) is 4.68 Å². The third-order valence-electron chi connectivity index (χ3n) is 5.27. The fourth-order valence-corrected chi connectivity index (χ4v) is 5.25. The van der Waals surface area contributed by atoms with Gasteiger partial charge in [-0.25, -0.2) is 14.4 Å². The summed E-state index contributed by atoms with van der Waals surface area (Å²) in [5, 5.41) is 21.1. The van der Waals surface area contributed by atoms with E-state index in [9.17, 15) is 4.39 Å². The number of nitrogens with one attached hydrogen (secondary N) is 2. The first-order chi connectivity index (χ1) is 15.1. The number of halogens is 2. The number of aromatic nitrogens is 4. The lowest BCUT2D eigenvalue weighted by molar-refractivity contribution is 0.291. The van der Waals surface area contributed by atoms with E-state index in [0.29, 0.717) is 18.1 Å². The second kappa shape index (κ2) is 8.51. The fourth-order valence-electron chi connectivity index (χ4n) is 3.84. The molecule has 1 aliphatic carbocycles. The molecule has 1 aliphatic rings. The molecule has 0 aliphatic heterocycles. The Morgan fingerprint density at radius 1 is 1.23 bits per heavy atom. The molecule has 10 heteroatoms. The number of benzene rings is 1. The first-order valence-corrected chi connectivity index (χ1v) is 11.2. The minimum atomic E-state index is -0.455. The van der Waals surface area contributed by atoms with E-state index in [1.165, 1.54) is 22.8 Å². The molecule has 0 bridgehead atoms. The van der Waals surface area contributed by atoms with Crippen LogP contribution in [-0.2, 0) is 19.4 Å². The molecule has 3 N–H and O–H groups in total. The normalized spacial score (nSPS) is 12.7. The van der Waals surface area contributed by atoms with Crippen LogP contribution in [-0.4, -0.2) is 44.6 Å². The highest BCUT2D eigenvalue weighted by Crippen LogP contribution is 2.45. The number of aliphatic hydroxyl groups excluding tert-OH is 1. The average Bonchev–Trinajstić information content (AvgIpc) is 3.35. The number of aliphatic hydroxyl groups is 1. The lowest BCUT2D eigenvalue weighted by Gasteiger charge is -2.12. The molecule has 4 aromatic rings. The second-order valence-corrected chi connectivity index (χ2v) is 8.70. The molecule has 0 unspecified atom stereocenters. The Morgan fingerprint density at radius 3 is 2.97 bits per heavy atom. The smallest absolute Gasteiger partial charge is 0.142 e. The summed E-state index contributed by atoms with van der Waals surface area (Å²) in [6.07, 6.45) is 5.33. The average molecular weight is 459 g/mol. The molecule has 0 radical (unpaired) electrons. The molecule has 0 fully saturated rings. The van der Waals surface area contributed by atoms with Crippen LogP contribution in [0.25, 0.3) is 20.7 Å². The van der Waals surface area contributed by atoms with Crippen LogP contribution in [0.3, 0.4) is 0 Å². The van der Waals surface area contributed by atoms with Crippen molar-refractivity contribution in [3.05, 3.63) is 52.8 Å². The summed E-state index contributed by atoms with van der Waals surface area (Å²) >= 11 is 7.57. The number of nitrogens with zero attached hydrogens (tertiary/aromatic N) is 4. The maximum absolute atomic E-state index is 13.5. The Kier molecular flexibility index (Phi) is 5.58. The van der Waals surface area contributed by atoms with E-state index in [0.717, 1.165) is 47.4 Å². The van der Waals surface area contributed by atoms with E-state index < -0.39 is 5.82 Å². The summed E-state index contributed by atoms with van der Waals surface area (Å²) in [7, 11) is 0. The maximum Gasteiger partial charge on any atom is 0.142 e. The molecule has 0 atom stereocenters. The van der Waals surface area contributed by atoms with Gasteiger partial charge in [-0.2, -0.15) is 5.10 Å². The van der Waals surface area contributed by atoms with E-state index in [1.807, 2.05) is 4.68 Å². The van der Waals surface area contributed by atoms with Crippen molar-refractivity contribution in [3.8, 4) is 10.4 Å². The molecule has 0 spiro atoms. The van der Waals surface area contributed by atoms with Crippen molar-refractivity contribution < 1.29 is 9.50 Å². The summed E-state index contributed by atoms with van der Waals surface area (Å²) in [5.41, 5.74) is 4.11. The number of rotatable bonds is 7. The van der Waals surface area contributed by atoms with E-state index in [2.05, 4.69) is 26.8 Å². The van der Waals surface area contributed by atoms with Gasteiger partial charge in [0.1, 0.15) is 22.8 Å². The molecule has 31 heavy (non-hydrogen) atoms. The van der Waals surface area contributed by atoms with Crippen LogP contribution < -0.4 is 10.6 Å². The molecule has 160 valence electrons. The van der Waals surface area contributed by atoms with Gasteiger partial charge in [-0.05, 0) is 36.6 Å². The molecule has 0 saturated heterocycles. The summed E-state index contributed by atoms with van der Waals surface area (Å²) in [6.45, 7) is 2.20. The van der Waals surface area contributed by atoms with Gasteiger partial charge < -0.3 is 15.7 Å². The van der Waals surface area contributed by atoms with Crippen LogP contribution >= 0.6 is 22.9 Å². The molecule has 0 saturated carbocycles. The van der Waals surface area contributed by atoms with Crippen molar-refractivity contribution in [2.24, 2.45) is 0 Å². The predicted molar refractivity (Wildman–Crippen MR) is 121 cm³/mol. The van der Waals surface area contributed by atoms with E-state index >= 15 is 0 Å². The number of aryl methyl sites for hydroxylation is 2. The van der Waals surface area contributed by atoms with Crippen molar-refractivity contribution >= 4 is 44.7 Å². The SMILES string of the molecule is OCCNCCn1cc2c(n1)CCc1c-2sc2ncnc(Nc3ccc(F)c(Cl)c3)c12. The molecule has 5 rings (SSSR count). The van der Waals surface area contributed by atoms with E-state index in [4.69, 9.17) is 21.8 Å². The van der Waals surface area contributed by atoms with Gasteiger partial charge >= 0.3 is 0 Å². The molecular formula is C21H20ClFN6OS. The summed E-state index contributed by atoms with van der Waals surface area (Å²) in [4.78, 5) is 11.0. The lowest BCUT2D eigenvalue weighted by atomic mass is 9.95. The van der Waals surface area contributed by atoms with Crippen molar-refractivity contribution in [1.82, 2.24) is 25.1 Å². The number of thiophene rings is 1. The summed E-state index contributed by atoms with van der Waals surface area (Å²) < 4.78 is 15.5. The number of anilines is 2. The first-order valence-electron chi connectivity index (χ1n) is 10.0. The third-order valence-corrected chi connectivity index (χ3v) is 6.73. The Bertz CT molecular complexity index is 1260. The van der Waals surface area contributed by atoms with Gasteiger partial charge in [-0.1, -0.05) is 11.6 Å². The highest BCUT2D eigenvalue weighted by atomic mass is 35.5. The van der Waals surface area contributed by atoms with E-state index in [-0.39, 0.29) is 11.6 Å². The first kappa shape index (κ1) is 20.3. The number of hydrogen-bond donors (Lipinski definition) is 3. The molecular weight excluding hydrogens is 439 g/mol. The van der Waals surface area contributed by atoms with Crippen molar-refractivity contribution in [1.29, 1.82) is 0 Å². The molecule has 7 nitrogen and oxygen atoms in total. The minimum absolute atomic E-state index is 0.0631. The zero-order valence-electron chi connectivity index (χ0n) is 16.5. The van der Waals surface area contributed by atoms with Crippen LogP contribution in [0.5, 0.6) is 0 Å². The summed E-state index contributed by atoms with van der Waals surface area (Å²) in [6, 6.07) is 4.53. The largest absolute Gasteiger partial charge is 0.395 e. The molecule has 1 aromatic carbocycles. The fraction of sp³-hybridized carbons (Fsp3) is 0.286. The van der Waals surface area contributed by atoms with Gasteiger partial charge in [0.05, 0.1) is 29.3 Å². The zero-order chi connectivity index (χ0) is 21.4. The lowest BCUT2D eigenvalue weighted by Crippen LogP contribution is -2.23. The van der Waals surface area contributed by atoms with Crippen LogP contribution in [0.2, 0.25) is 5.02 Å². The van der Waals surface area contributed by atoms with Crippen molar-refractivity contribution in [2.75, 3.05) is 25.0 Å². The van der Waals surface area contributed by atoms with Crippen LogP contribution in [0.15, 0.2) is 30.7 Å². The molecule has 3 heterocycles. The Hall–Kier alpha value is -2.59.